The second kappa shape index (κ2) is 7.84. The van der Waals surface area contributed by atoms with Gasteiger partial charge in [-0.05, 0) is 24.5 Å². The minimum absolute atomic E-state index is 0.0197. The van der Waals surface area contributed by atoms with Crippen LogP contribution in [0.2, 0.25) is 0 Å². The third-order valence-electron chi connectivity index (χ3n) is 2.83. The van der Waals surface area contributed by atoms with Gasteiger partial charge in [0.05, 0.1) is 13.0 Å². The van der Waals surface area contributed by atoms with Crippen LogP contribution in [0.25, 0.3) is 0 Å². The van der Waals surface area contributed by atoms with E-state index in [-0.39, 0.29) is 11.9 Å². The van der Waals surface area contributed by atoms with Gasteiger partial charge in [0.2, 0.25) is 5.91 Å². The van der Waals surface area contributed by atoms with Crippen LogP contribution in [0.15, 0.2) is 24.3 Å². The van der Waals surface area contributed by atoms with Crippen molar-refractivity contribution < 1.29 is 9.53 Å². The molecule has 0 saturated carbocycles. The molecule has 0 heterocycles. The van der Waals surface area contributed by atoms with Crippen LogP contribution in [0.1, 0.15) is 17.5 Å². The van der Waals surface area contributed by atoms with Crippen LogP contribution in [0.4, 0.5) is 0 Å². The molecule has 0 bridgehead atoms. The predicted molar refractivity (Wildman–Crippen MR) is 72.4 cm³/mol. The number of methoxy groups -OCH3 is 1. The highest BCUT2D eigenvalue weighted by Gasteiger charge is 2.06. The Labute approximate surface area is 109 Å². The molecule has 0 aliphatic carbocycles. The zero-order valence-corrected chi connectivity index (χ0v) is 11.1. The molecule has 0 radical (unpaired) electrons. The smallest absolute Gasteiger partial charge is 0.224 e. The summed E-state index contributed by atoms with van der Waals surface area (Å²) >= 11 is 0. The minimum Gasteiger partial charge on any atom is -0.383 e. The summed E-state index contributed by atoms with van der Waals surface area (Å²) in [5.41, 5.74) is 7.98. The number of rotatable bonds is 7. The monoisotopic (exact) mass is 250 g/mol. The average Bonchev–Trinajstić information content (AvgIpc) is 2.32. The molecule has 4 nitrogen and oxygen atoms in total. The van der Waals surface area contributed by atoms with Gasteiger partial charge in [0.15, 0.2) is 0 Å². The zero-order chi connectivity index (χ0) is 13.4. The Kier molecular flexibility index (Phi) is 6.39. The number of hydrogen-bond acceptors (Lipinski definition) is 3. The van der Waals surface area contributed by atoms with E-state index in [1.54, 1.807) is 7.11 Å². The summed E-state index contributed by atoms with van der Waals surface area (Å²) in [7, 11) is 1.62. The second-order valence-electron chi connectivity index (χ2n) is 4.46. The van der Waals surface area contributed by atoms with E-state index in [9.17, 15) is 4.79 Å². The molecular weight excluding hydrogens is 228 g/mol. The van der Waals surface area contributed by atoms with Crippen molar-refractivity contribution in [3.63, 3.8) is 0 Å². The number of amides is 1. The van der Waals surface area contributed by atoms with Crippen molar-refractivity contribution in [1.82, 2.24) is 5.32 Å². The van der Waals surface area contributed by atoms with Crippen molar-refractivity contribution in [2.75, 3.05) is 20.3 Å². The van der Waals surface area contributed by atoms with Crippen LogP contribution >= 0.6 is 0 Å². The van der Waals surface area contributed by atoms with Crippen molar-refractivity contribution in [1.29, 1.82) is 0 Å². The number of hydrogen-bond donors (Lipinski definition) is 2. The van der Waals surface area contributed by atoms with Gasteiger partial charge in [-0.25, -0.2) is 0 Å². The first-order chi connectivity index (χ1) is 8.63. The number of nitrogens with one attached hydrogen (secondary N) is 1. The summed E-state index contributed by atoms with van der Waals surface area (Å²) in [5.74, 6) is 0.0360. The molecule has 1 rings (SSSR count). The number of ether oxygens (including phenoxy) is 1. The highest BCUT2D eigenvalue weighted by molar-refractivity contribution is 5.78. The summed E-state index contributed by atoms with van der Waals surface area (Å²) in [6.45, 7) is 3.13. The molecule has 1 aromatic carbocycles. The van der Waals surface area contributed by atoms with E-state index in [0.717, 1.165) is 17.5 Å². The molecule has 1 amide bonds. The van der Waals surface area contributed by atoms with Gasteiger partial charge >= 0.3 is 0 Å². The Morgan fingerprint density at radius 1 is 1.44 bits per heavy atom. The standard InChI is InChI=1S/C14H22N2O2/c1-11-5-3-4-6-12(11)9-14(17)16-8-7-13(15)10-18-2/h3-6,13H,7-10,15H2,1-2H3,(H,16,17). The zero-order valence-electron chi connectivity index (χ0n) is 11.1. The quantitative estimate of drug-likeness (QED) is 0.759. The first-order valence-electron chi connectivity index (χ1n) is 6.19. The van der Waals surface area contributed by atoms with Gasteiger partial charge in [-0.15, -0.1) is 0 Å². The summed E-state index contributed by atoms with van der Waals surface area (Å²) in [6.07, 6.45) is 1.15. The lowest BCUT2D eigenvalue weighted by atomic mass is 10.1. The van der Waals surface area contributed by atoms with Gasteiger partial charge in [-0.2, -0.15) is 0 Å². The van der Waals surface area contributed by atoms with E-state index in [4.69, 9.17) is 10.5 Å². The fraction of sp³-hybridized carbons (Fsp3) is 0.500. The van der Waals surface area contributed by atoms with Crippen molar-refractivity contribution >= 4 is 5.91 Å². The molecule has 0 spiro atoms. The van der Waals surface area contributed by atoms with E-state index >= 15 is 0 Å². The van der Waals surface area contributed by atoms with Gasteiger partial charge in [0, 0.05) is 19.7 Å². The van der Waals surface area contributed by atoms with Gasteiger partial charge in [-0.3, -0.25) is 4.79 Å². The molecule has 1 unspecified atom stereocenters. The Hall–Kier alpha value is -1.39. The van der Waals surface area contributed by atoms with Gasteiger partial charge < -0.3 is 15.8 Å². The number of carbonyl (C=O) groups is 1. The molecule has 0 saturated heterocycles. The molecule has 1 atom stereocenters. The van der Waals surface area contributed by atoms with Crippen LogP contribution in [-0.4, -0.2) is 32.2 Å². The molecule has 4 heteroatoms. The highest BCUT2D eigenvalue weighted by Crippen LogP contribution is 2.07. The van der Waals surface area contributed by atoms with Gasteiger partial charge in [0.1, 0.15) is 0 Å². The summed E-state index contributed by atoms with van der Waals surface area (Å²) in [4.78, 5) is 11.7. The molecule has 0 aliphatic rings. The Balaban J connectivity index is 2.28. The lowest BCUT2D eigenvalue weighted by Crippen LogP contribution is -2.33. The number of aryl methyl sites for hydroxylation is 1. The lowest BCUT2D eigenvalue weighted by molar-refractivity contribution is -0.120. The fourth-order valence-electron chi connectivity index (χ4n) is 1.74. The van der Waals surface area contributed by atoms with Crippen molar-refractivity contribution in [3.05, 3.63) is 35.4 Å². The number of benzene rings is 1. The van der Waals surface area contributed by atoms with Gasteiger partial charge in [0.25, 0.3) is 0 Å². The Morgan fingerprint density at radius 2 is 2.17 bits per heavy atom. The maximum atomic E-state index is 11.7. The average molecular weight is 250 g/mol. The Bertz CT molecular complexity index is 380. The van der Waals surface area contributed by atoms with Crippen molar-refractivity contribution in [2.45, 2.75) is 25.8 Å². The summed E-state index contributed by atoms with van der Waals surface area (Å²) in [5, 5.41) is 2.87. The topological polar surface area (TPSA) is 64.3 Å². The van der Waals surface area contributed by atoms with E-state index in [1.165, 1.54) is 0 Å². The van der Waals surface area contributed by atoms with Crippen LogP contribution in [0.3, 0.4) is 0 Å². The highest BCUT2D eigenvalue weighted by atomic mass is 16.5. The van der Waals surface area contributed by atoms with Crippen LogP contribution < -0.4 is 11.1 Å². The number of nitrogens with two attached hydrogens (primary N) is 1. The molecule has 1 aromatic rings. The SMILES string of the molecule is COCC(N)CCNC(=O)Cc1ccccc1C. The third-order valence-corrected chi connectivity index (χ3v) is 2.83. The van der Waals surface area contributed by atoms with Crippen molar-refractivity contribution in [3.8, 4) is 0 Å². The molecular formula is C14H22N2O2. The first-order valence-corrected chi connectivity index (χ1v) is 6.19. The van der Waals surface area contributed by atoms with Crippen LogP contribution in [0, 0.1) is 6.92 Å². The molecule has 0 aliphatic heterocycles. The Morgan fingerprint density at radius 3 is 2.83 bits per heavy atom. The maximum Gasteiger partial charge on any atom is 0.224 e. The van der Waals surface area contributed by atoms with Crippen molar-refractivity contribution in [2.24, 2.45) is 5.73 Å². The predicted octanol–water partition coefficient (Wildman–Crippen LogP) is 1.02. The first kappa shape index (κ1) is 14.7. The molecule has 3 N–H and O–H groups in total. The molecule has 0 fully saturated rings. The summed E-state index contributed by atoms with van der Waals surface area (Å²) < 4.78 is 4.93. The largest absolute Gasteiger partial charge is 0.383 e. The fourth-order valence-corrected chi connectivity index (χ4v) is 1.74. The normalized spacial score (nSPS) is 12.2. The number of carbonyl (C=O) groups excluding carboxylic acids is 1. The second-order valence-corrected chi connectivity index (χ2v) is 4.46. The van der Waals surface area contributed by atoms with Crippen LogP contribution in [0.5, 0.6) is 0 Å². The molecule has 18 heavy (non-hydrogen) atoms. The van der Waals surface area contributed by atoms with Crippen LogP contribution in [-0.2, 0) is 16.0 Å². The van der Waals surface area contributed by atoms with E-state index in [1.807, 2.05) is 31.2 Å². The van der Waals surface area contributed by atoms with E-state index in [2.05, 4.69) is 5.32 Å². The minimum atomic E-state index is -0.0197. The molecule has 100 valence electrons. The third kappa shape index (κ3) is 5.29. The maximum absolute atomic E-state index is 11.7. The van der Waals surface area contributed by atoms with Gasteiger partial charge in [-0.1, -0.05) is 24.3 Å². The van der Waals surface area contributed by atoms with E-state index in [0.29, 0.717) is 19.6 Å². The molecule has 0 aromatic heterocycles. The lowest BCUT2D eigenvalue weighted by Gasteiger charge is -2.11. The summed E-state index contributed by atoms with van der Waals surface area (Å²) in [6, 6.07) is 7.89. The van der Waals surface area contributed by atoms with E-state index < -0.39 is 0 Å².